The van der Waals surface area contributed by atoms with Crippen molar-refractivity contribution in [2.24, 2.45) is 5.14 Å². The second-order valence-corrected chi connectivity index (χ2v) is 6.17. The maximum atomic E-state index is 13.5. The molecule has 0 atom stereocenters. The summed E-state index contributed by atoms with van der Waals surface area (Å²) in [4.78, 5) is 11.9. The van der Waals surface area contributed by atoms with E-state index in [1.807, 2.05) is 0 Å². The van der Waals surface area contributed by atoms with Crippen LogP contribution in [0.5, 0.6) is 0 Å². The zero-order valence-electron chi connectivity index (χ0n) is 11.2. The summed E-state index contributed by atoms with van der Waals surface area (Å²) in [6.45, 7) is 0. The van der Waals surface area contributed by atoms with Crippen molar-refractivity contribution in [3.8, 4) is 0 Å². The molecule has 2 aromatic rings. The van der Waals surface area contributed by atoms with Crippen LogP contribution in [0.3, 0.4) is 0 Å². The zero-order chi connectivity index (χ0) is 16.3. The fraction of sp³-hybridized carbons (Fsp3) is 0.0714. The van der Waals surface area contributed by atoms with E-state index in [0.29, 0.717) is 5.56 Å². The lowest BCUT2D eigenvalue weighted by Crippen LogP contribution is -2.17. The third kappa shape index (κ3) is 4.09. The molecule has 0 saturated carbocycles. The average molecular weight is 326 g/mol. The summed E-state index contributed by atoms with van der Waals surface area (Å²) >= 11 is 0. The number of carbonyl (C=O) groups is 1. The quantitative estimate of drug-likeness (QED) is 0.900. The van der Waals surface area contributed by atoms with Gasteiger partial charge in [-0.3, -0.25) is 4.79 Å². The molecule has 8 heteroatoms. The van der Waals surface area contributed by atoms with Crippen LogP contribution in [0.2, 0.25) is 0 Å². The van der Waals surface area contributed by atoms with Crippen molar-refractivity contribution in [1.82, 2.24) is 0 Å². The number of halogens is 2. The number of sulfonamides is 1. The first-order valence-electron chi connectivity index (χ1n) is 6.11. The van der Waals surface area contributed by atoms with E-state index in [1.54, 1.807) is 0 Å². The number of nitrogens with one attached hydrogen (secondary N) is 1. The van der Waals surface area contributed by atoms with Crippen LogP contribution < -0.4 is 10.5 Å². The lowest BCUT2D eigenvalue weighted by Gasteiger charge is -2.08. The molecule has 0 fully saturated rings. The molecule has 0 bridgehead atoms. The van der Waals surface area contributed by atoms with Gasteiger partial charge in [-0.2, -0.15) is 0 Å². The van der Waals surface area contributed by atoms with Crippen LogP contribution in [-0.2, 0) is 15.8 Å². The second kappa shape index (κ2) is 6.20. The number of amides is 1. The van der Waals surface area contributed by atoms with Crippen LogP contribution in [0, 0.1) is 11.6 Å². The standard InChI is InChI=1S/C14H12F2N2O3S/c15-11-5-2-6-12(16)13(11)14(19)18-10-4-1-3-9(7-10)8-22(17,20)21/h1-7H,8H2,(H,18,19)(H2,17,20,21). The van der Waals surface area contributed by atoms with E-state index in [-0.39, 0.29) is 5.69 Å². The predicted molar refractivity (Wildman–Crippen MR) is 77.6 cm³/mol. The Morgan fingerprint density at radius 2 is 1.68 bits per heavy atom. The number of anilines is 1. The second-order valence-electron chi connectivity index (χ2n) is 4.56. The summed E-state index contributed by atoms with van der Waals surface area (Å²) in [6, 6.07) is 8.90. The summed E-state index contributed by atoms with van der Waals surface area (Å²) in [7, 11) is -3.72. The van der Waals surface area contributed by atoms with Gasteiger partial charge < -0.3 is 5.32 Å². The van der Waals surface area contributed by atoms with Crippen LogP contribution in [0.25, 0.3) is 0 Å². The molecule has 2 aromatic carbocycles. The molecule has 0 saturated heterocycles. The summed E-state index contributed by atoms with van der Waals surface area (Å²) in [5, 5.41) is 7.25. The number of benzene rings is 2. The van der Waals surface area contributed by atoms with Crippen LogP contribution in [0.15, 0.2) is 42.5 Å². The van der Waals surface area contributed by atoms with Crippen LogP contribution in [-0.4, -0.2) is 14.3 Å². The molecule has 0 aliphatic rings. The first kappa shape index (κ1) is 16.1. The molecule has 2 rings (SSSR count). The van der Waals surface area contributed by atoms with Gasteiger partial charge >= 0.3 is 0 Å². The molecule has 0 aliphatic heterocycles. The normalized spacial score (nSPS) is 11.2. The topological polar surface area (TPSA) is 89.3 Å². The van der Waals surface area contributed by atoms with Gasteiger partial charge in [-0.05, 0) is 29.8 Å². The van der Waals surface area contributed by atoms with Crippen LogP contribution in [0.4, 0.5) is 14.5 Å². The monoisotopic (exact) mass is 326 g/mol. The van der Waals surface area contributed by atoms with Gasteiger partial charge in [0.1, 0.15) is 17.2 Å². The molecular weight excluding hydrogens is 314 g/mol. The minimum atomic E-state index is -3.72. The van der Waals surface area contributed by atoms with Gasteiger partial charge in [0.05, 0.1) is 5.75 Å². The maximum Gasteiger partial charge on any atom is 0.261 e. The minimum absolute atomic E-state index is 0.203. The molecule has 3 N–H and O–H groups in total. The third-order valence-electron chi connectivity index (χ3n) is 2.74. The number of primary sulfonamides is 1. The van der Waals surface area contributed by atoms with Gasteiger partial charge in [0.2, 0.25) is 10.0 Å². The highest BCUT2D eigenvalue weighted by Crippen LogP contribution is 2.17. The Morgan fingerprint density at radius 3 is 2.27 bits per heavy atom. The summed E-state index contributed by atoms with van der Waals surface area (Å²) in [5.74, 6) is -3.36. The fourth-order valence-corrected chi connectivity index (χ4v) is 2.52. The van der Waals surface area contributed by atoms with E-state index in [4.69, 9.17) is 5.14 Å². The lowest BCUT2D eigenvalue weighted by molar-refractivity contribution is 0.101. The van der Waals surface area contributed by atoms with Gasteiger partial charge in [-0.25, -0.2) is 22.3 Å². The smallest absolute Gasteiger partial charge is 0.261 e. The molecule has 0 unspecified atom stereocenters. The molecule has 0 radical (unpaired) electrons. The Hall–Kier alpha value is -2.32. The molecule has 22 heavy (non-hydrogen) atoms. The highest BCUT2D eigenvalue weighted by atomic mass is 32.2. The molecule has 0 spiro atoms. The van der Waals surface area contributed by atoms with Crippen LogP contribution in [0.1, 0.15) is 15.9 Å². The number of hydrogen-bond acceptors (Lipinski definition) is 3. The largest absolute Gasteiger partial charge is 0.322 e. The van der Waals surface area contributed by atoms with Gasteiger partial charge in [0.25, 0.3) is 5.91 Å². The van der Waals surface area contributed by atoms with Crippen molar-refractivity contribution in [1.29, 1.82) is 0 Å². The number of carbonyl (C=O) groups excluding carboxylic acids is 1. The van der Waals surface area contributed by atoms with E-state index in [1.165, 1.54) is 24.3 Å². The Labute approximate surface area is 125 Å². The highest BCUT2D eigenvalue weighted by Gasteiger charge is 2.17. The first-order chi connectivity index (χ1) is 10.3. The number of rotatable bonds is 4. The fourth-order valence-electron chi connectivity index (χ4n) is 1.88. The van der Waals surface area contributed by atoms with Crippen molar-refractivity contribution < 1.29 is 22.0 Å². The molecule has 1 amide bonds. The van der Waals surface area contributed by atoms with Crippen molar-refractivity contribution >= 4 is 21.6 Å². The summed E-state index contributed by atoms with van der Waals surface area (Å²) in [5.41, 5.74) is -0.164. The Kier molecular flexibility index (Phi) is 4.53. The molecular formula is C14H12F2N2O3S. The number of hydrogen-bond donors (Lipinski definition) is 2. The first-order valence-corrected chi connectivity index (χ1v) is 7.82. The highest BCUT2D eigenvalue weighted by molar-refractivity contribution is 7.88. The Bertz CT molecular complexity index is 802. The third-order valence-corrected chi connectivity index (χ3v) is 3.48. The predicted octanol–water partition coefficient (Wildman–Crippen LogP) is 2.01. The summed E-state index contributed by atoms with van der Waals surface area (Å²) in [6.07, 6.45) is 0. The molecule has 0 aromatic heterocycles. The van der Waals surface area contributed by atoms with Crippen molar-refractivity contribution in [2.45, 2.75) is 5.75 Å². The van der Waals surface area contributed by atoms with Crippen molar-refractivity contribution in [2.75, 3.05) is 5.32 Å². The SMILES string of the molecule is NS(=O)(=O)Cc1cccc(NC(=O)c2c(F)cccc2F)c1. The average Bonchev–Trinajstić information content (AvgIpc) is 2.36. The molecule has 116 valence electrons. The van der Waals surface area contributed by atoms with E-state index < -0.39 is 38.9 Å². The Morgan fingerprint density at radius 1 is 1.09 bits per heavy atom. The Balaban J connectivity index is 2.24. The maximum absolute atomic E-state index is 13.5. The molecule has 5 nitrogen and oxygen atoms in total. The van der Waals surface area contributed by atoms with Gasteiger partial charge in [0, 0.05) is 5.69 Å². The summed E-state index contributed by atoms with van der Waals surface area (Å²) < 4.78 is 49.1. The molecule has 0 heterocycles. The minimum Gasteiger partial charge on any atom is -0.322 e. The van der Waals surface area contributed by atoms with Crippen LogP contribution >= 0.6 is 0 Å². The lowest BCUT2D eigenvalue weighted by atomic mass is 10.1. The van der Waals surface area contributed by atoms with E-state index >= 15 is 0 Å². The number of nitrogens with two attached hydrogens (primary N) is 1. The van der Waals surface area contributed by atoms with E-state index in [9.17, 15) is 22.0 Å². The van der Waals surface area contributed by atoms with Gasteiger partial charge in [-0.15, -0.1) is 0 Å². The van der Waals surface area contributed by atoms with E-state index in [2.05, 4.69) is 5.32 Å². The zero-order valence-corrected chi connectivity index (χ0v) is 12.0. The van der Waals surface area contributed by atoms with Crippen molar-refractivity contribution in [3.05, 3.63) is 65.2 Å². The van der Waals surface area contributed by atoms with Gasteiger partial charge in [-0.1, -0.05) is 18.2 Å². The van der Waals surface area contributed by atoms with Crippen molar-refractivity contribution in [3.63, 3.8) is 0 Å². The van der Waals surface area contributed by atoms with Gasteiger partial charge in [0.15, 0.2) is 0 Å². The van der Waals surface area contributed by atoms with E-state index in [0.717, 1.165) is 18.2 Å². The molecule has 0 aliphatic carbocycles.